The van der Waals surface area contributed by atoms with Crippen LogP contribution in [0.4, 0.5) is 5.69 Å². The monoisotopic (exact) mass is 365 g/mol. The molecule has 146 valence electrons. The molecule has 0 bridgehead atoms. The van der Waals surface area contributed by atoms with Crippen LogP contribution >= 0.6 is 0 Å². The molecule has 1 aromatic rings. The number of esters is 1. The first kappa shape index (κ1) is 22.0. The summed E-state index contributed by atoms with van der Waals surface area (Å²) in [5.41, 5.74) is -0.144. The predicted octanol–water partition coefficient (Wildman–Crippen LogP) is 4.18. The standard InChI is InChI=1S/C20H31NO5/c1-7-12-20(5,25-9-3)19(23)21-15-10-11-17(26-14(4)8-2)16(13-15)18(22)24-6/h10-11,13-14H,7-9,12H2,1-6H3,(H,21,23)/t14-,20-/m0/s1. The van der Waals surface area contributed by atoms with Crippen molar-refractivity contribution in [2.75, 3.05) is 19.0 Å². The van der Waals surface area contributed by atoms with Gasteiger partial charge in [0, 0.05) is 12.3 Å². The normalized spacial score (nSPS) is 14.2. The number of carbonyl (C=O) groups is 2. The molecule has 0 heterocycles. The second-order valence-electron chi connectivity index (χ2n) is 6.41. The van der Waals surface area contributed by atoms with Gasteiger partial charge in [-0.15, -0.1) is 0 Å². The third-order valence-corrected chi connectivity index (χ3v) is 4.22. The number of hydrogen-bond donors (Lipinski definition) is 1. The highest BCUT2D eigenvalue weighted by molar-refractivity contribution is 5.99. The minimum Gasteiger partial charge on any atom is -0.490 e. The van der Waals surface area contributed by atoms with Crippen LogP contribution in [0.5, 0.6) is 5.75 Å². The summed E-state index contributed by atoms with van der Waals surface area (Å²) in [5.74, 6) is -0.321. The van der Waals surface area contributed by atoms with Crippen molar-refractivity contribution in [2.24, 2.45) is 0 Å². The topological polar surface area (TPSA) is 73.9 Å². The highest BCUT2D eigenvalue weighted by Gasteiger charge is 2.33. The van der Waals surface area contributed by atoms with Gasteiger partial charge >= 0.3 is 5.97 Å². The van der Waals surface area contributed by atoms with Crippen LogP contribution in [0.1, 0.15) is 64.2 Å². The molecule has 0 aliphatic carbocycles. The first-order valence-corrected chi connectivity index (χ1v) is 9.15. The number of benzene rings is 1. The van der Waals surface area contributed by atoms with Gasteiger partial charge in [0.05, 0.1) is 13.2 Å². The van der Waals surface area contributed by atoms with E-state index in [4.69, 9.17) is 14.2 Å². The lowest BCUT2D eigenvalue weighted by molar-refractivity contribution is -0.139. The minimum absolute atomic E-state index is 0.0374. The average Bonchev–Trinajstić information content (AvgIpc) is 2.62. The summed E-state index contributed by atoms with van der Waals surface area (Å²) in [6.07, 6.45) is 2.19. The Morgan fingerprint density at radius 1 is 1.23 bits per heavy atom. The zero-order chi connectivity index (χ0) is 19.7. The number of nitrogens with one attached hydrogen (secondary N) is 1. The Kier molecular flexibility index (Phi) is 8.58. The van der Waals surface area contributed by atoms with Crippen LogP contribution in [0.2, 0.25) is 0 Å². The number of methoxy groups -OCH3 is 1. The third kappa shape index (κ3) is 5.73. The van der Waals surface area contributed by atoms with Crippen LogP contribution in [0.25, 0.3) is 0 Å². The predicted molar refractivity (Wildman–Crippen MR) is 102 cm³/mol. The van der Waals surface area contributed by atoms with Crippen LogP contribution in [-0.2, 0) is 14.3 Å². The van der Waals surface area contributed by atoms with Crippen molar-refractivity contribution in [3.8, 4) is 5.75 Å². The van der Waals surface area contributed by atoms with Gasteiger partial charge in [-0.1, -0.05) is 20.3 Å². The van der Waals surface area contributed by atoms with Gasteiger partial charge in [-0.25, -0.2) is 4.79 Å². The first-order valence-electron chi connectivity index (χ1n) is 9.15. The second-order valence-corrected chi connectivity index (χ2v) is 6.41. The van der Waals surface area contributed by atoms with Crippen LogP contribution in [0.3, 0.4) is 0 Å². The van der Waals surface area contributed by atoms with Gasteiger partial charge in [0.25, 0.3) is 5.91 Å². The molecule has 1 amide bonds. The number of carbonyl (C=O) groups excluding carboxylic acids is 2. The number of rotatable bonds is 10. The van der Waals surface area contributed by atoms with E-state index >= 15 is 0 Å². The summed E-state index contributed by atoms with van der Waals surface area (Å²) in [6, 6.07) is 4.95. The molecule has 1 rings (SSSR count). The Morgan fingerprint density at radius 3 is 2.46 bits per heavy atom. The van der Waals surface area contributed by atoms with Crippen LogP contribution in [0, 0.1) is 0 Å². The molecule has 6 nitrogen and oxygen atoms in total. The van der Waals surface area contributed by atoms with Gasteiger partial charge in [-0.2, -0.15) is 0 Å². The van der Waals surface area contributed by atoms with E-state index in [1.807, 2.05) is 27.7 Å². The van der Waals surface area contributed by atoms with E-state index in [2.05, 4.69) is 5.32 Å². The molecule has 0 radical (unpaired) electrons. The smallest absolute Gasteiger partial charge is 0.341 e. The lowest BCUT2D eigenvalue weighted by atomic mass is 9.99. The highest BCUT2D eigenvalue weighted by atomic mass is 16.5. The van der Waals surface area contributed by atoms with E-state index in [1.54, 1.807) is 25.1 Å². The molecule has 1 aromatic carbocycles. The molecule has 0 unspecified atom stereocenters. The summed E-state index contributed by atoms with van der Waals surface area (Å²) in [4.78, 5) is 24.8. The molecule has 2 atom stereocenters. The van der Waals surface area contributed by atoms with Crippen molar-refractivity contribution >= 4 is 17.6 Å². The fourth-order valence-corrected chi connectivity index (χ4v) is 2.59. The second kappa shape index (κ2) is 10.2. The fourth-order valence-electron chi connectivity index (χ4n) is 2.59. The van der Waals surface area contributed by atoms with E-state index in [0.717, 1.165) is 12.8 Å². The number of amides is 1. The van der Waals surface area contributed by atoms with E-state index in [0.29, 0.717) is 24.5 Å². The highest BCUT2D eigenvalue weighted by Crippen LogP contribution is 2.27. The SMILES string of the molecule is CCC[C@](C)(OCC)C(=O)Nc1ccc(O[C@@H](C)CC)c(C(=O)OC)c1. The molecule has 1 N–H and O–H groups in total. The largest absolute Gasteiger partial charge is 0.490 e. The van der Waals surface area contributed by atoms with Gasteiger partial charge in [0.15, 0.2) is 0 Å². The molecule has 0 aliphatic heterocycles. The summed E-state index contributed by atoms with van der Waals surface area (Å²) >= 11 is 0. The summed E-state index contributed by atoms with van der Waals surface area (Å²) in [5, 5.41) is 2.84. The molecule has 0 saturated heterocycles. The molecular formula is C20H31NO5. The van der Waals surface area contributed by atoms with E-state index in [1.165, 1.54) is 7.11 Å². The van der Waals surface area contributed by atoms with E-state index in [9.17, 15) is 9.59 Å². The minimum atomic E-state index is -0.916. The lowest BCUT2D eigenvalue weighted by Gasteiger charge is -2.28. The van der Waals surface area contributed by atoms with Gasteiger partial charge < -0.3 is 19.5 Å². The molecule has 0 saturated carbocycles. The van der Waals surface area contributed by atoms with Gasteiger partial charge in [-0.3, -0.25) is 4.79 Å². The third-order valence-electron chi connectivity index (χ3n) is 4.22. The Hall–Kier alpha value is -2.08. The Labute approximate surface area is 156 Å². The van der Waals surface area contributed by atoms with Crippen molar-refractivity contribution in [1.29, 1.82) is 0 Å². The van der Waals surface area contributed by atoms with Crippen molar-refractivity contribution in [3.05, 3.63) is 23.8 Å². The van der Waals surface area contributed by atoms with E-state index in [-0.39, 0.29) is 17.6 Å². The van der Waals surface area contributed by atoms with Crippen molar-refractivity contribution < 1.29 is 23.8 Å². The maximum Gasteiger partial charge on any atom is 0.341 e. The van der Waals surface area contributed by atoms with Gasteiger partial charge in [-0.05, 0) is 51.8 Å². The fraction of sp³-hybridized carbons (Fsp3) is 0.600. The lowest BCUT2D eigenvalue weighted by Crippen LogP contribution is -2.42. The average molecular weight is 365 g/mol. The maximum atomic E-state index is 12.7. The Bertz CT molecular complexity index is 608. The zero-order valence-electron chi connectivity index (χ0n) is 16.7. The Balaban J connectivity index is 3.10. The zero-order valence-corrected chi connectivity index (χ0v) is 16.7. The van der Waals surface area contributed by atoms with Crippen LogP contribution in [-0.4, -0.2) is 37.3 Å². The van der Waals surface area contributed by atoms with Crippen molar-refractivity contribution in [3.63, 3.8) is 0 Å². The van der Waals surface area contributed by atoms with Crippen LogP contribution in [0.15, 0.2) is 18.2 Å². The summed E-state index contributed by atoms with van der Waals surface area (Å²) < 4.78 is 16.3. The van der Waals surface area contributed by atoms with E-state index < -0.39 is 11.6 Å². The summed E-state index contributed by atoms with van der Waals surface area (Å²) in [7, 11) is 1.31. The van der Waals surface area contributed by atoms with Crippen LogP contribution < -0.4 is 10.1 Å². The molecule has 26 heavy (non-hydrogen) atoms. The van der Waals surface area contributed by atoms with Gasteiger partial charge in [0.1, 0.15) is 16.9 Å². The molecule has 6 heteroatoms. The molecule has 0 fully saturated rings. The molecule has 0 aliphatic rings. The van der Waals surface area contributed by atoms with Crippen molar-refractivity contribution in [2.45, 2.75) is 65.6 Å². The molecule has 0 spiro atoms. The molecular weight excluding hydrogens is 334 g/mol. The maximum absolute atomic E-state index is 12.7. The number of anilines is 1. The number of hydrogen-bond acceptors (Lipinski definition) is 5. The first-order chi connectivity index (χ1) is 12.3. The Morgan fingerprint density at radius 2 is 1.92 bits per heavy atom. The van der Waals surface area contributed by atoms with Gasteiger partial charge in [0.2, 0.25) is 0 Å². The number of ether oxygens (including phenoxy) is 3. The van der Waals surface area contributed by atoms with Crippen molar-refractivity contribution in [1.82, 2.24) is 0 Å². The molecule has 0 aromatic heterocycles. The summed E-state index contributed by atoms with van der Waals surface area (Å²) in [6.45, 7) is 10.0. The quantitative estimate of drug-likeness (QED) is 0.630.